The lowest BCUT2D eigenvalue weighted by molar-refractivity contribution is -0.115. The van der Waals surface area contributed by atoms with E-state index in [9.17, 15) is 4.79 Å². The first-order chi connectivity index (χ1) is 17.5. The number of aromatic amines is 2. The molecule has 0 fully saturated rings. The zero-order valence-electron chi connectivity index (χ0n) is 19.4. The van der Waals surface area contributed by atoms with E-state index < -0.39 is 5.82 Å². The Balaban J connectivity index is 1.46. The summed E-state index contributed by atoms with van der Waals surface area (Å²) >= 11 is 1.66. The van der Waals surface area contributed by atoms with Crippen LogP contribution in [-0.2, 0) is 4.79 Å². The number of amides is 1. The van der Waals surface area contributed by atoms with Gasteiger partial charge in [0.25, 0.3) is 0 Å². The number of benzene rings is 1. The number of hydrogen-bond acceptors (Lipinski definition) is 6. The molecule has 10 heteroatoms. The number of nitrogens with zero attached hydrogens (tertiary/aromatic N) is 4. The summed E-state index contributed by atoms with van der Waals surface area (Å²) in [6.45, 7) is 3.82. The number of carbonyl (C=O) groups is 1. The third kappa shape index (κ3) is 3.81. The van der Waals surface area contributed by atoms with Gasteiger partial charge < -0.3 is 10.3 Å². The number of pyridine rings is 2. The fourth-order valence-corrected chi connectivity index (χ4v) is 5.00. The van der Waals surface area contributed by atoms with Gasteiger partial charge in [-0.15, -0.1) is 11.3 Å². The number of imidazole rings is 1. The molecule has 6 rings (SSSR count). The molecular weight excluding hydrogens is 477 g/mol. The van der Waals surface area contributed by atoms with Crippen LogP contribution in [0.3, 0.4) is 0 Å². The van der Waals surface area contributed by atoms with Crippen molar-refractivity contribution < 1.29 is 9.18 Å². The maximum absolute atomic E-state index is 15.1. The van der Waals surface area contributed by atoms with Gasteiger partial charge in [-0.25, -0.2) is 9.37 Å². The van der Waals surface area contributed by atoms with Crippen LogP contribution in [0.1, 0.15) is 18.2 Å². The summed E-state index contributed by atoms with van der Waals surface area (Å²) in [5, 5.41) is 10.8. The van der Waals surface area contributed by atoms with Crippen molar-refractivity contribution >= 4 is 44.9 Å². The van der Waals surface area contributed by atoms with E-state index in [1.807, 2.05) is 12.1 Å². The minimum atomic E-state index is -0.428. The first-order valence-corrected chi connectivity index (χ1v) is 12.2. The summed E-state index contributed by atoms with van der Waals surface area (Å²) in [5.74, 6) is -0.0144. The number of nitrogens with one attached hydrogen (secondary N) is 3. The third-order valence-electron chi connectivity index (χ3n) is 5.90. The summed E-state index contributed by atoms with van der Waals surface area (Å²) in [5.41, 5.74) is 4.89. The summed E-state index contributed by atoms with van der Waals surface area (Å²) in [6.07, 6.45) is 5.19. The molecule has 0 spiro atoms. The van der Waals surface area contributed by atoms with Crippen molar-refractivity contribution in [1.29, 1.82) is 0 Å². The minimum Gasteiger partial charge on any atom is -0.336 e. The van der Waals surface area contributed by atoms with Crippen LogP contribution in [0.15, 0.2) is 55.0 Å². The van der Waals surface area contributed by atoms with Crippen LogP contribution in [-0.4, -0.2) is 36.0 Å². The summed E-state index contributed by atoms with van der Waals surface area (Å²) in [4.78, 5) is 30.9. The van der Waals surface area contributed by atoms with E-state index >= 15 is 4.39 Å². The average Bonchev–Trinajstić information content (AvgIpc) is 3.60. The molecule has 0 saturated carbocycles. The van der Waals surface area contributed by atoms with Gasteiger partial charge in [0.15, 0.2) is 5.82 Å². The molecule has 0 aliphatic rings. The monoisotopic (exact) mass is 497 g/mol. The maximum atomic E-state index is 15.1. The molecule has 8 nitrogen and oxygen atoms in total. The van der Waals surface area contributed by atoms with Crippen molar-refractivity contribution in [3.05, 3.63) is 65.7 Å². The SMILES string of the molecule is CCC(=O)Nc1cncc(-c2cc3c(-c4nc5c(-c6ccc(C)s6)nccc5[nH]4)n[nH]c3cc2F)c1. The van der Waals surface area contributed by atoms with Gasteiger partial charge in [-0.3, -0.25) is 19.9 Å². The van der Waals surface area contributed by atoms with E-state index in [1.165, 1.54) is 17.1 Å². The van der Waals surface area contributed by atoms with Gasteiger partial charge in [0, 0.05) is 46.3 Å². The molecule has 36 heavy (non-hydrogen) atoms. The van der Waals surface area contributed by atoms with Crippen molar-refractivity contribution in [2.45, 2.75) is 20.3 Å². The number of rotatable bonds is 5. The lowest BCUT2D eigenvalue weighted by atomic mass is 10.0. The van der Waals surface area contributed by atoms with E-state index in [-0.39, 0.29) is 5.91 Å². The lowest BCUT2D eigenvalue weighted by Crippen LogP contribution is -2.09. The molecule has 1 amide bonds. The van der Waals surface area contributed by atoms with Crippen LogP contribution < -0.4 is 5.32 Å². The van der Waals surface area contributed by atoms with Crippen molar-refractivity contribution in [3.63, 3.8) is 0 Å². The molecule has 1 aromatic carbocycles. The molecule has 0 atom stereocenters. The molecule has 3 N–H and O–H groups in total. The van der Waals surface area contributed by atoms with Gasteiger partial charge in [0.1, 0.15) is 22.7 Å². The van der Waals surface area contributed by atoms with Crippen LogP contribution >= 0.6 is 11.3 Å². The number of fused-ring (bicyclic) bond motifs is 2. The second-order valence-electron chi connectivity index (χ2n) is 8.37. The zero-order valence-corrected chi connectivity index (χ0v) is 20.2. The van der Waals surface area contributed by atoms with Crippen LogP contribution in [0, 0.1) is 12.7 Å². The van der Waals surface area contributed by atoms with E-state index in [4.69, 9.17) is 4.98 Å². The predicted octanol–water partition coefficient (Wildman–Crippen LogP) is 6.09. The molecular formula is C26H20FN7OS. The molecule has 0 bridgehead atoms. The maximum Gasteiger partial charge on any atom is 0.224 e. The predicted molar refractivity (Wildman–Crippen MR) is 139 cm³/mol. The largest absolute Gasteiger partial charge is 0.336 e. The van der Waals surface area contributed by atoms with E-state index in [0.29, 0.717) is 45.7 Å². The zero-order chi connectivity index (χ0) is 24.8. The molecule has 0 unspecified atom stereocenters. The Morgan fingerprint density at radius 2 is 2.00 bits per heavy atom. The molecule has 0 aliphatic heterocycles. The smallest absolute Gasteiger partial charge is 0.224 e. The Kier molecular flexibility index (Phi) is 5.30. The highest BCUT2D eigenvalue weighted by Gasteiger charge is 2.19. The van der Waals surface area contributed by atoms with Gasteiger partial charge in [-0.1, -0.05) is 6.92 Å². The Morgan fingerprint density at radius 3 is 2.81 bits per heavy atom. The second-order valence-corrected chi connectivity index (χ2v) is 9.65. The fraction of sp³-hybridized carbons (Fsp3) is 0.115. The molecule has 5 heterocycles. The Labute approximate surface area is 208 Å². The van der Waals surface area contributed by atoms with E-state index in [0.717, 1.165) is 21.6 Å². The van der Waals surface area contributed by atoms with E-state index in [1.54, 1.807) is 42.8 Å². The Hall–Kier alpha value is -4.44. The number of halogens is 1. The molecule has 178 valence electrons. The van der Waals surface area contributed by atoms with Gasteiger partial charge in [-0.05, 0) is 37.3 Å². The van der Waals surface area contributed by atoms with Crippen molar-refractivity contribution in [2.75, 3.05) is 5.32 Å². The highest BCUT2D eigenvalue weighted by molar-refractivity contribution is 7.15. The topological polar surface area (TPSA) is 112 Å². The molecule has 6 aromatic rings. The number of anilines is 1. The first kappa shape index (κ1) is 22.1. The number of aryl methyl sites for hydroxylation is 1. The summed E-state index contributed by atoms with van der Waals surface area (Å²) < 4.78 is 15.1. The number of aromatic nitrogens is 6. The van der Waals surface area contributed by atoms with Crippen molar-refractivity contribution in [1.82, 2.24) is 30.1 Å². The molecule has 0 radical (unpaired) electrons. The van der Waals surface area contributed by atoms with Crippen LogP contribution in [0.4, 0.5) is 10.1 Å². The standard InChI is InChI=1S/C26H20FN7OS/c1-3-22(35)30-15-8-14(11-28-12-15)16-9-17-20(10-18(16)27)33-34-23(17)26-31-19-6-7-29-25(24(19)32-26)21-5-4-13(2)36-21/h4-12H,3H2,1-2H3,(H,30,35)(H,31,32)(H,33,34). The first-order valence-electron chi connectivity index (χ1n) is 11.3. The average molecular weight is 498 g/mol. The number of thiophene rings is 1. The molecule has 0 aliphatic carbocycles. The quantitative estimate of drug-likeness (QED) is 0.267. The number of carbonyl (C=O) groups excluding carboxylic acids is 1. The van der Waals surface area contributed by atoms with Gasteiger partial charge >= 0.3 is 0 Å². The van der Waals surface area contributed by atoms with Gasteiger partial charge in [0.05, 0.1) is 27.8 Å². The summed E-state index contributed by atoms with van der Waals surface area (Å²) in [7, 11) is 0. The Morgan fingerprint density at radius 1 is 1.11 bits per heavy atom. The van der Waals surface area contributed by atoms with Crippen LogP contribution in [0.25, 0.3) is 55.2 Å². The molecule has 0 saturated heterocycles. The molecule has 5 aromatic heterocycles. The van der Waals surface area contributed by atoms with Gasteiger partial charge in [-0.2, -0.15) is 5.10 Å². The lowest BCUT2D eigenvalue weighted by Gasteiger charge is -2.08. The van der Waals surface area contributed by atoms with Crippen molar-refractivity contribution in [3.8, 4) is 33.2 Å². The highest BCUT2D eigenvalue weighted by Crippen LogP contribution is 2.35. The van der Waals surface area contributed by atoms with Crippen LogP contribution in [0.5, 0.6) is 0 Å². The summed E-state index contributed by atoms with van der Waals surface area (Å²) in [6, 6.07) is 10.8. The van der Waals surface area contributed by atoms with Gasteiger partial charge in [0.2, 0.25) is 5.91 Å². The number of hydrogen-bond donors (Lipinski definition) is 3. The normalized spacial score (nSPS) is 11.4. The number of H-pyrrole nitrogens is 2. The third-order valence-corrected chi connectivity index (χ3v) is 6.91. The second kappa shape index (κ2) is 8.65. The van der Waals surface area contributed by atoms with E-state index in [2.05, 4.69) is 43.5 Å². The highest BCUT2D eigenvalue weighted by atomic mass is 32.1. The Bertz CT molecular complexity index is 1770. The fourth-order valence-electron chi connectivity index (χ4n) is 4.13. The minimum absolute atomic E-state index is 0.140. The van der Waals surface area contributed by atoms with Crippen LogP contribution in [0.2, 0.25) is 0 Å². The van der Waals surface area contributed by atoms with Crippen molar-refractivity contribution in [2.24, 2.45) is 0 Å².